The standard InChI is InChI=1S/C11H21N5/c12-10(13)15-11(16-7-3-4-8-16)14-9-5-1-2-6-9/h9H,1-8H2,(H4,12,13,14,15). The van der Waals surface area contributed by atoms with Gasteiger partial charge in [0.2, 0.25) is 5.96 Å². The highest BCUT2D eigenvalue weighted by atomic mass is 15.3. The second-order valence-electron chi connectivity index (χ2n) is 4.62. The summed E-state index contributed by atoms with van der Waals surface area (Å²) < 4.78 is 0. The average Bonchev–Trinajstić information content (AvgIpc) is 2.88. The lowest BCUT2D eigenvalue weighted by atomic mass is 10.3. The lowest BCUT2D eigenvalue weighted by Gasteiger charge is -2.21. The van der Waals surface area contributed by atoms with E-state index in [1.807, 2.05) is 0 Å². The van der Waals surface area contributed by atoms with Gasteiger partial charge in [-0.3, -0.25) is 10.7 Å². The lowest BCUT2D eigenvalue weighted by Crippen LogP contribution is -2.46. The fraction of sp³-hybridized carbons (Fsp3) is 0.818. The third-order valence-electron chi connectivity index (χ3n) is 3.28. The van der Waals surface area contributed by atoms with Crippen LogP contribution in [0, 0.1) is 5.41 Å². The Hall–Kier alpha value is -1.26. The van der Waals surface area contributed by atoms with E-state index in [1.165, 1.54) is 38.5 Å². The molecule has 0 radical (unpaired) electrons. The summed E-state index contributed by atoms with van der Waals surface area (Å²) in [6.45, 7) is 2.07. The van der Waals surface area contributed by atoms with Crippen molar-refractivity contribution in [2.45, 2.75) is 44.6 Å². The first-order valence-electron chi connectivity index (χ1n) is 6.19. The predicted molar refractivity (Wildman–Crippen MR) is 65.5 cm³/mol. The molecule has 2 rings (SSSR count). The molecule has 2 fully saturated rings. The topological polar surface area (TPSA) is 77.5 Å². The maximum atomic E-state index is 7.32. The van der Waals surface area contributed by atoms with Gasteiger partial charge in [-0.2, -0.15) is 0 Å². The third-order valence-corrected chi connectivity index (χ3v) is 3.28. The molecule has 0 aromatic rings. The van der Waals surface area contributed by atoms with Crippen LogP contribution in [-0.2, 0) is 0 Å². The minimum absolute atomic E-state index is 0.0105. The van der Waals surface area contributed by atoms with E-state index in [0.717, 1.165) is 19.0 Å². The smallest absolute Gasteiger partial charge is 0.201 e. The molecule has 0 aromatic heterocycles. The lowest BCUT2D eigenvalue weighted by molar-refractivity contribution is 0.496. The number of rotatable bonds is 1. The van der Waals surface area contributed by atoms with E-state index in [2.05, 4.69) is 10.2 Å². The summed E-state index contributed by atoms with van der Waals surface area (Å²) in [6, 6.07) is 0.433. The summed E-state index contributed by atoms with van der Waals surface area (Å²) in [5, 5.41) is 10.2. The molecule has 0 atom stereocenters. The maximum Gasteiger partial charge on any atom is 0.201 e. The number of hydrogen-bond donors (Lipinski definition) is 3. The molecule has 90 valence electrons. The van der Waals surface area contributed by atoms with E-state index in [1.54, 1.807) is 0 Å². The molecule has 2 aliphatic rings. The molecule has 1 saturated heterocycles. The fourth-order valence-electron chi connectivity index (χ4n) is 2.45. The number of nitrogens with two attached hydrogens (primary N) is 1. The first-order valence-corrected chi connectivity index (χ1v) is 6.19. The molecular formula is C11H21N5. The SMILES string of the molecule is N=C(N)N/C(=N/C1CCCC1)N1CCCC1. The Kier molecular flexibility index (Phi) is 3.64. The van der Waals surface area contributed by atoms with Crippen LogP contribution in [0.4, 0.5) is 0 Å². The Morgan fingerprint density at radius 1 is 1.19 bits per heavy atom. The van der Waals surface area contributed by atoms with Gasteiger partial charge in [0.25, 0.3) is 0 Å². The summed E-state index contributed by atoms with van der Waals surface area (Å²) in [7, 11) is 0. The Bertz CT molecular complexity index is 274. The molecule has 1 aliphatic heterocycles. The first-order chi connectivity index (χ1) is 7.75. The summed E-state index contributed by atoms with van der Waals surface area (Å²) in [4.78, 5) is 6.92. The number of guanidine groups is 2. The monoisotopic (exact) mass is 223 g/mol. The minimum atomic E-state index is -0.0105. The van der Waals surface area contributed by atoms with Crippen LogP contribution in [-0.4, -0.2) is 36.0 Å². The summed E-state index contributed by atoms with van der Waals surface area (Å²) >= 11 is 0. The van der Waals surface area contributed by atoms with E-state index in [0.29, 0.717) is 6.04 Å². The molecule has 1 heterocycles. The van der Waals surface area contributed by atoms with Crippen LogP contribution >= 0.6 is 0 Å². The van der Waals surface area contributed by atoms with E-state index < -0.39 is 0 Å². The van der Waals surface area contributed by atoms with Crippen LogP contribution in [0.25, 0.3) is 0 Å². The second kappa shape index (κ2) is 5.18. The molecule has 1 aliphatic carbocycles. The van der Waals surface area contributed by atoms with Crippen LogP contribution in [0.15, 0.2) is 4.99 Å². The van der Waals surface area contributed by atoms with Crippen molar-refractivity contribution in [3.05, 3.63) is 0 Å². The van der Waals surface area contributed by atoms with Crippen molar-refractivity contribution in [2.75, 3.05) is 13.1 Å². The van der Waals surface area contributed by atoms with Gasteiger partial charge in [0.05, 0.1) is 6.04 Å². The molecule has 4 N–H and O–H groups in total. The molecular weight excluding hydrogens is 202 g/mol. The van der Waals surface area contributed by atoms with Gasteiger partial charge in [0, 0.05) is 13.1 Å². The van der Waals surface area contributed by atoms with Crippen molar-refractivity contribution in [3.8, 4) is 0 Å². The molecule has 0 bridgehead atoms. The maximum absolute atomic E-state index is 7.32. The molecule has 16 heavy (non-hydrogen) atoms. The zero-order chi connectivity index (χ0) is 11.4. The second-order valence-corrected chi connectivity index (χ2v) is 4.62. The highest BCUT2D eigenvalue weighted by Gasteiger charge is 2.20. The largest absolute Gasteiger partial charge is 0.370 e. The number of aliphatic imine (C=N–C) groups is 1. The summed E-state index contributed by atoms with van der Waals surface area (Å²) in [5.41, 5.74) is 5.40. The average molecular weight is 223 g/mol. The van der Waals surface area contributed by atoms with Crippen molar-refractivity contribution in [1.29, 1.82) is 5.41 Å². The minimum Gasteiger partial charge on any atom is -0.370 e. The summed E-state index contributed by atoms with van der Waals surface area (Å²) in [6.07, 6.45) is 7.34. The van der Waals surface area contributed by atoms with Gasteiger partial charge in [-0.25, -0.2) is 4.99 Å². The Morgan fingerprint density at radius 3 is 2.38 bits per heavy atom. The highest BCUT2D eigenvalue weighted by Crippen LogP contribution is 2.21. The zero-order valence-corrected chi connectivity index (χ0v) is 9.71. The van der Waals surface area contributed by atoms with Crippen molar-refractivity contribution in [1.82, 2.24) is 10.2 Å². The van der Waals surface area contributed by atoms with Gasteiger partial charge in [-0.05, 0) is 25.7 Å². The van der Waals surface area contributed by atoms with E-state index in [4.69, 9.17) is 16.1 Å². The van der Waals surface area contributed by atoms with Crippen molar-refractivity contribution >= 4 is 11.9 Å². The fourth-order valence-corrected chi connectivity index (χ4v) is 2.45. The quantitative estimate of drug-likeness (QED) is 0.456. The van der Waals surface area contributed by atoms with Crippen molar-refractivity contribution in [3.63, 3.8) is 0 Å². The Morgan fingerprint density at radius 2 is 1.81 bits per heavy atom. The van der Waals surface area contributed by atoms with Gasteiger partial charge >= 0.3 is 0 Å². The van der Waals surface area contributed by atoms with Crippen molar-refractivity contribution in [2.24, 2.45) is 10.7 Å². The van der Waals surface area contributed by atoms with Crippen LogP contribution in [0.3, 0.4) is 0 Å². The zero-order valence-electron chi connectivity index (χ0n) is 9.71. The molecule has 0 amide bonds. The number of likely N-dealkylation sites (tertiary alicyclic amines) is 1. The molecule has 0 aromatic carbocycles. The van der Waals surface area contributed by atoms with E-state index in [-0.39, 0.29) is 5.96 Å². The number of hydrogen-bond acceptors (Lipinski definition) is 2. The van der Waals surface area contributed by atoms with Gasteiger partial charge in [0.1, 0.15) is 0 Å². The number of nitrogens with zero attached hydrogens (tertiary/aromatic N) is 2. The van der Waals surface area contributed by atoms with Gasteiger partial charge in [-0.1, -0.05) is 12.8 Å². The van der Waals surface area contributed by atoms with Crippen LogP contribution < -0.4 is 11.1 Å². The van der Waals surface area contributed by atoms with E-state index in [9.17, 15) is 0 Å². The van der Waals surface area contributed by atoms with Gasteiger partial charge < -0.3 is 10.6 Å². The molecule has 5 nitrogen and oxygen atoms in total. The first kappa shape index (κ1) is 11.2. The van der Waals surface area contributed by atoms with E-state index >= 15 is 0 Å². The van der Waals surface area contributed by atoms with Crippen molar-refractivity contribution < 1.29 is 0 Å². The summed E-state index contributed by atoms with van der Waals surface area (Å²) in [5.74, 6) is 0.806. The van der Waals surface area contributed by atoms with Gasteiger partial charge in [-0.15, -0.1) is 0 Å². The molecule has 0 spiro atoms. The molecule has 0 unspecified atom stereocenters. The molecule has 5 heteroatoms. The predicted octanol–water partition coefficient (Wildman–Crippen LogP) is 0.864. The van der Waals surface area contributed by atoms with Crippen LogP contribution in [0.2, 0.25) is 0 Å². The molecule has 1 saturated carbocycles. The van der Waals surface area contributed by atoms with Crippen LogP contribution in [0.5, 0.6) is 0 Å². The number of nitrogens with one attached hydrogen (secondary N) is 2. The highest BCUT2D eigenvalue weighted by molar-refractivity contribution is 5.96. The Labute approximate surface area is 96.6 Å². The van der Waals surface area contributed by atoms with Gasteiger partial charge in [0.15, 0.2) is 5.96 Å². The third kappa shape index (κ3) is 2.87. The normalized spacial score (nSPS) is 22.8. The van der Waals surface area contributed by atoms with Crippen LogP contribution in [0.1, 0.15) is 38.5 Å². The Balaban J connectivity index is 2.02.